The lowest BCUT2D eigenvalue weighted by Gasteiger charge is -2.01. The molecule has 3 rings (SSSR count). The van der Waals surface area contributed by atoms with Crippen molar-refractivity contribution >= 4 is 21.2 Å². The van der Waals surface area contributed by atoms with Gasteiger partial charge in [-0.15, -0.1) is 11.3 Å². The summed E-state index contributed by atoms with van der Waals surface area (Å²) in [4.78, 5) is 4.80. The van der Waals surface area contributed by atoms with Gasteiger partial charge < -0.3 is 5.11 Å². The minimum atomic E-state index is -3.20. The number of thiazole rings is 1. The summed E-state index contributed by atoms with van der Waals surface area (Å²) in [6.45, 7) is 0. The SMILES string of the molecule is CS(=O)(=O)c1ccc(-c2csc(-c3ccccc3O)n2)cc1. The minimum absolute atomic E-state index is 0.191. The Morgan fingerprint density at radius 2 is 1.73 bits per heavy atom. The molecule has 1 aromatic heterocycles. The molecule has 0 saturated heterocycles. The number of benzene rings is 2. The van der Waals surface area contributed by atoms with E-state index < -0.39 is 9.84 Å². The molecule has 0 aliphatic heterocycles. The molecular weight excluding hydrogens is 318 g/mol. The van der Waals surface area contributed by atoms with E-state index in [1.165, 1.54) is 17.6 Å². The van der Waals surface area contributed by atoms with E-state index >= 15 is 0 Å². The molecule has 4 nitrogen and oxygen atoms in total. The summed E-state index contributed by atoms with van der Waals surface area (Å²) in [5, 5.41) is 12.5. The van der Waals surface area contributed by atoms with Crippen molar-refractivity contribution in [2.75, 3.05) is 6.26 Å². The summed E-state index contributed by atoms with van der Waals surface area (Å²) in [5.74, 6) is 0.191. The van der Waals surface area contributed by atoms with Crippen molar-refractivity contribution in [2.45, 2.75) is 4.90 Å². The van der Waals surface area contributed by atoms with E-state index in [-0.39, 0.29) is 10.6 Å². The van der Waals surface area contributed by atoms with Crippen LogP contribution in [0, 0.1) is 0 Å². The molecule has 1 N–H and O–H groups in total. The van der Waals surface area contributed by atoms with Crippen LogP contribution in [-0.2, 0) is 9.84 Å². The van der Waals surface area contributed by atoms with Crippen LogP contribution in [0.2, 0.25) is 0 Å². The van der Waals surface area contributed by atoms with Crippen molar-refractivity contribution in [2.24, 2.45) is 0 Å². The first-order valence-corrected chi connectivity index (χ1v) is 9.26. The third kappa shape index (κ3) is 2.88. The topological polar surface area (TPSA) is 67.3 Å². The number of aromatic hydroxyl groups is 1. The van der Waals surface area contributed by atoms with E-state index in [9.17, 15) is 13.5 Å². The lowest BCUT2D eigenvalue weighted by atomic mass is 10.2. The summed E-state index contributed by atoms with van der Waals surface area (Å²) in [6.07, 6.45) is 1.18. The van der Waals surface area contributed by atoms with Gasteiger partial charge in [0.15, 0.2) is 9.84 Å². The van der Waals surface area contributed by atoms with Crippen molar-refractivity contribution in [3.8, 4) is 27.6 Å². The predicted molar refractivity (Wildman–Crippen MR) is 87.8 cm³/mol. The summed E-state index contributed by atoms with van der Waals surface area (Å²) in [6, 6.07) is 13.7. The number of hydrogen-bond acceptors (Lipinski definition) is 5. The highest BCUT2D eigenvalue weighted by Gasteiger charge is 2.11. The smallest absolute Gasteiger partial charge is 0.175 e. The summed E-state index contributed by atoms with van der Waals surface area (Å²) in [7, 11) is -3.20. The van der Waals surface area contributed by atoms with Gasteiger partial charge in [-0.3, -0.25) is 0 Å². The fourth-order valence-electron chi connectivity index (χ4n) is 2.06. The highest BCUT2D eigenvalue weighted by molar-refractivity contribution is 7.90. The van der Waals surface area contributed by atoms with Crippen LogP contribution >= 0.6 is 11.3 Å². The van der Waals surface area contributed by atoms with Gasteiger partial charge in [0.25, 0.3) is 0 Å². The number of sulfone groups is 1. The second-order valence-electron chi connectivity index (χ2n) is 4.85. The van der Waals surface area contributed by atoms with Crippen LogP contribution in [0.3, 0.4) is 0 Å². The normalized spacial score (nSPS) is 11.5. The highest BCUT2D eigenvalue weighted by Crippen LogP contribution is 2.33. The molecule has 112 valence electrons. The van der Waals surface area contributed by atoms with Crippen LogP contribution in [0.25, 0.3) is 21.8 Å². The minimum Gasteiger partial charge on any atom is -0.507 e. The van der Waals surface area contributed by atoms with Crippen LogP contribution in [0.1, 0.15) is 0 Å². The first-order valence-electron chi connectivity index (χ1n) is 6.49. The zero-order valence-electron chi connectivity index (χ0n) is 11.7. The second-order valence-corrected chi connectivity index (χ2v) is 7.73. The molecule has 0 radical (unpaired) electrons. The maximum absolute atomic E-state index is 11.5. The van der Waals surface area contributed by atoms with E-state index in [1.54, 1.807) is 36.4 Å². The molecule has 0 atom stereocenters. The number of para-hydroxylation sites is 1. The zero-order chi connectivity index (χ0) is 15.7. The number of aromatic nitrogens is 1. The Kier molecular flexibility index (Phi) is 3.72. The monoisotopic (exact) mass is 331 g/mol. The third-order valence-electron chi connectivity index (χ3n) is 3.22. The molecule has 0 aliphatic rings. The molecule has 1 heterocycles. The molecule has 0 unspecified atom stereocenters. The average Bonchev–Trinajstić information content (AvgIpc) is 2.96. The van der Waals surface area contributed by atoms with Gasteiger partial charge in [-0.1, -0.05) is 24.3 Å². The van der Waals surface area contributed by atoms with Gasteiger partial charge in [0.05, 0.1) is 16.2 Å². The molecule has 6 heteroatoms. The fraction of sp³-hybridized carbons (Fsp3) is 0.0625. The largest absolute Gasteiger partial charge is 0.507 e. The van der Waals surface area contributed by atoms with E-state index in [2.05, 4.69) is 4.98 Å². The van der Waals surface area contributed by atoms with E-state index in [0.29, 0.717) is 5.56 Å². The molecule has 0 saturated carbocycles. The van der Waals surface area contributed by atoms with Crippen LogP contribution in [0.15, 0.2) is 58.8 Å². The lowest BCUT2D eigenvalue weighted by Crippen LogP contribution is -1.96. The van der Waals surface area contributed by atoms with Gasteiger partial charge in [0.2, 0.25) is 0 Å². The van der Waals surface area contributed by atoms with Gasteiger partial charge in [0, 0.05) is 17.2 Å². The maximum atomic E-state index is 11.5. The van der Waals surface area contributed by atoms with Crippen LogP contribution in [-0.4, -0.2) is 24.8 Å². The highest BCUT2D eigenvalue weighted by atomic mass is 32.2. The molecule has 22 heavy (non-hydrogen) atoms. The first kappa shape index (κ1) is 14.7. The summed E-state index contributed by atoms with van der Waals surface area (Å²) >= 11 is 1.43. The Labute approximate surface area is 132 Å². The molecule has 3 aromatic rings. The third-order valence-corrected chi connectivity index (χ3v) is 5.22. The molecule has 0 amide bonds. The van der Waals surface area contributed by atoms with Gasteiger partial charge >= 0.3 is 0 Å². The Morgan fingerprint density at radius 3 is 2.36 bits per heavy atom. The fourth-order valence-corrected chi connectivity index (χ4v) is 3.55. The summed E-state index contributed by atoms with van der Waals surface area (Å²) < 4.78 is 22.9. The Morgan fingerprint density at radius 1 is 1.05 bits per heavy atom. The number of phenolic OH excluding ortho intramolecular Hbond substituents is 1. The molecular formula is C16H13NO3S2. The summed E-state index contributed by atoms with van der Waals surface area (Å²) in [5.41, 5.74) is 2.28. The van der Waals surface area contributed by atoms with Crippen molar-refractivity contribution in [3.63, 3.8) is 0 Å². The van der Waals surface area contributed by atoms with Gasteiger partial charge in [-0.2, -0.15) is 0 Å². The second kappa shape index (κ2) is 5.55. The maximum Gasteiger partial charge on any atom is 0.175 e. The average molecular weight is 331 g/mol. The van der Waals surface area contributed by atoms with E-state index in [0.717, 1.165) is 16.3 Å². The number of nitrogens with zero attached hydrogens (tertiary/aromatic N) is 1. The van der Waals surface area contributed by atoms with Crippen molar-refractivity contribution in [1.82, 2.24) is 4.98 Å². The predicted octanol–water partition coefficient (Wildman–Crippen LogP) is 3.59. The van der Waals surface area contributed by atoms with Crippen LogP contribution in [0.5, 0.6) is 5.75 Å². The van der Waals surface area contributed by atoms with Gasteiger partial charge in [0.1, 0.15) is 10.8 Å². The van der Waals surface area contributed by atoms with E-state index in [1.807, 2.05) is 17.5 Å². The lowest BCUT2D eigenvalue weighted by molar-refractivity contribution is 0.477. The van der Waals surface area contributed by atoms with Gasteiger partial charge in [-0.05, 0) is 24.3 Å². The van der Waals surface area contributed by atoms with Crippen molar-refractivity contribution in [3.05, 3.63) is 53.9 Å². The molecule has 0 bridgehead atoms. The van der Waals surface area contributed by atoms with Crippen molar-refractivity contribution < 1.29 is 13.5 Å². The Hall–Kier alpha value is -2.18. The molecule has 0 fully saturated rings. The van der Waals surface area contributed by atoms with Crippen molar-refractivity contribution in [1.29, 1.82) is 0 Å². The van der Waals surface area contributed by atoms with E-state index in [4.69, 9.17) is 0 Å². The zero-order valence-corrected chi connectivity index (χ0v) is 13.4. The first-order chi connectivity index (χ1) is 10.4. The van der Waals surface area contributed by atoms with Crippen LogP contribution in [0.4, 0.5) is 0 Å². The molecule has 0 spiro atoms. The quantitative estimate of drug-likeness (QED) is 0.796. The number of hydrogen-bond donors (Lipinski definition) is 1. The van der Waals surface area contributed by atoms with Crippen LogP contribution < -0.4 is 0 Å². The molecule has 2 aromatic carbocycles. The number of rotatable bonds is 3. The Balaban J connectivity index is 1.96. The molecule has 0 aliphatic carbocycles. The standard InChI is InChI=1S/C16H13NO3S2/c1-22(19,20)12-8-6-11(7-9-12)14-10-21-16(17-14)13-4-2-3-5-15(13)18/h2-10,18H,1H3. The van der Waals surface area contributed by atoms with Gasteiger partial charge in [-0.25, -0.2) is 13.4 Å². The number of phenols is 1. The Bertz CT molecular complexity index is 913.